The van der Waals surface area contributed by atoms with Crippen LogP contribution < -0.4 is 10.9 Å². The lowest BCUT2D eigenvalue weighted by Crippen LogP contribution is -2.41. The molecule has 1 N–H and O–H groups in total. The molecule has 0 spiro atoms. The van der Waals surface area contributed by atoms with E-state index in [1.807, 2.05) is 6.07 Å². The van der Waals surface area contributed by atoms with Crippen LogP contribution in [-0.4, -0.2) is 29.8 Å². The van der Waals surface area contributed by atoms with Crippen molar-refractivity contribution in [1.82, 2.24) is 10.2 Å². The minimum atomic E-state index is -0.636. The molecule has 166 valence electrons. The van der Waals surface area contributed by atoms with Crippen molar-refractivity contribution in [2.45, 2.75) is 32.2 Å². The fourth-order valence-electron chi connectivity index (χ4n) is 4.13. The molecule has 0 unspecified atom stereocenters. The van der Waals surface area contributed by atoms with Crippen molar-refractivity contribution in [2.24, 2.45) is 5.92 Å². The molecule has 4 rings (SSSR count). The first kappa shape index (κ1) is 21.7. The highest BCUT2D eigenvalue weighted by molar-refractivity contribution is 5.96. The highest BCUT2D eigenvalue weighted by Gasteiger charge is 2.27. The first-order valence-corrected chi connectivity index (χ1v) is 10.8. The lowest BCUT2D eigenvalue weighted by Gasteiger charge is -2.32. The van der Waals surface area contributed by atoms with E-state index in [1.54, 1.807) is 47.4 Å². The molecule has 0 aliphatic carbocycles. The van der Waals surface area contributed by atoms with E-state index in [1.165, 1.54) is 6.07 Å². The van der Waals surface area contributed by atoms with Gasteiger partial charge in [-0.15, -0.1) is 0 Å². The van der Waals surface area contributed by atoms with Gasteiger partial charge in [-0.3, -0.25) is 9.59 Å². The topological polar surface area (TPSA) is 79.6 Å². The molecule has 1 aliphatic heterocycles. The third-order valence-corrected chi connectivity index (χ3v) is 5.89. The Morgan fingerprint density at radius 3 is 2.75 bits per heavy atom. The third-order valence-electron chi connectivity index (χ3n) is 5.89. The summed E-state index contributed by atoms with van der Waals surface area (Å²) in [7, 11) is 0. The van der Waals surface area contributed by atoms with Gasteiger partial charge in [0, 0.05) is 37.0 Å². The fraction of sp³-hybridized carbons (Fsp3) is 0.320. The molecule has 1 aromatic heterocycles. The molecule has 2 aromatic carbocycles. The Labute approximate surface area is 185 Å². The molecule has 1 fully saturated rings. The number of hydrogen-bond donors (Lipinski definition) is 1. The Balaban J connectivity index is 1.33. The minimum Gasteiger partial charge on any atom is -0.422 e. The van der Waals surface area contributed by atoms with Crippen LogP contribution in [-0.2, 0) is 11.3 Å². The number of carbonyl (C=O) groups is 2. The molecule has 32 heavy (non-hydrogen) atoms. The molecular formula is C25H25FN2O4. The number of nitrogens with one attached hydrogen (secondary N) is 1. The smallest absolute Gasteiger partial charge is 0.349 e. The molecule has 1 aliphatic rings. The number of rotatable bonds is 6. The summed E-state index contributed by atoms with van der Waals surface area (Å²) in [5.74, 6) is -0.656. The number of nitrogens with zero attached hydrogens (tertiary/aromatic N) is 1. The van der Waals surface area contributed by atoms with E-state index in [2.05, 4.69) is 5.32 Å². The van der Waals surface area contributed by atoms with Crippen LogP contribution in [0.1, 0.15) is 41.6 Å². The molecule has 2 heterocycles. The zero-order chi connectivity index (χ0) is 22.5. The maximum atomic E-state index is 13.7. The van der Waals surface area contributed by atoms with Gasteiger partial charge in [-0.2, -0.15) is 0 Å². The Bertz CT molecular complexity index is 1190. The molecule has 0 radical (unpaired) electrons. The number of amides is 2. The second kappa shape index (κ2) is 9.77. The van der Waals surface area contributed by atoms with E-state index >= 15 is 0 Å². The van der Waals surface area contributed by atoms with Crippen LogP contribution in [0.15, 0.2) is 63.8 Å². The second-order valence-corrected chi connectivity index (χ2v) is 8.15. The van der Waals surface area contributed by atoms with E-state index in [9.17, 15) is 18.8 Å². The van der Waals surface area contributed by atoms with Crippen molar-refractivity contribution >= 4 is 22.8 Å². The molecular weight excluding hydrogens is 411 g/mol. The maximum Gasteiger partial charge on any atom is 0.349 e. The second-order valence-electron chi connectivity index (χ2n) is 8.15. The van der Waals surface area contributed by atoms with Crippen molar-refractivity contribution in [3.63, 3.8) is 0 Å². The Kier molecular flexibility index (Phi) is 6.63. The van der Waals surface area contributed by atoms with Gasteiger partial charge in [-0.25, -0.2) is 9.18 Å². The van der Waals surface area contributed by atoms with Gasteiger partial charge in [0.05, 0.1) is 0 Å². The lowest BCUT2D eigenvalue weighted by molar-refractivity contribution is -0.121. The van der Waals surface area contributed by atoms with E-state index < -0.39 is 5.63 Å². The fourth-order valence-corrected chi connectivity index (χ4v) is 4.13. The summed E-state index contributed by atoms with van der Waals surface area (Å²) in [6, 6.07) is 15.0. The van der Waals surface area contributed by atoms with Crippen LogP contribution in [0, 0.1) is 11.7 Å². The molecule has 3 aromatic rings. The molecule has 1 atom stereocenters. The Hall–Kier alpha value is -3.48. The van der Waals surface area contributed by atoms with Gasteiger partial charge in [-0.05, 0) is 43.4 Å². The van der Waals surface area contributed by atoms with Gasteiger partial charge in [0.1, 0.15) is 17.0 Å². The average molecular weight is 436 g/mol. The van der Waals surface area contributed by atoms with Crippen molar-refractivity contribution < 1.29 is 18.4 Å². The van der Waals surface area contributed by atoms with Crippen LogP contribution in [0.4, 0.5) is 4.39 Å². The third kappa shape index (κ3) is 5.04. The van der Waals surface area contributed by atoms with Gasteiger partial charge >= 0.3 is 5.63 Å². The van der Waals surface area contributed by atoms with E-state index in [0.29, 0.717) is 42.5 Å². The number of halogens is 1. The normalized spacial score (nSPS) is 16.2. The number of benzene rings is 2. The van der Waals surface area contributed by atoms with Gasteiger partial charge in [0.2, 0.25) is 5.91 Å². The number of hydrogen-bond acceptors (Lipinski definition) is 4. The van der Waals surface area contributed by atoms with Gasteiger partial charge in [-0.1, -0.05) is 36.4 Å². The van der Waals surface area contributed by atoms with E-state index in [4.69, 9.17) is 4.42 Å². The lowest BCUT2D eigenvalue weighted by atomic mass is 9.93. The van der Waals surface area contributed by atoms with E-state index in [-0.39, 0.29) is 35.7 Å². The summed E-state index contributed by atoms with van der Waals surface area (Å²) < 4.78 is 19.0. The van der Waals surface area contributed by atoms with Crippen LogP contribution >= 0.6 is 0 Å². The summed E-state index contributed by atoms with van der Waals surface area (Å²) in [6.45, 7) is 1.21. The number of piperidine rings is 1. The highest BCUT2D eigenvalue weighted by atomic mass is 19.1. The largest absolute Gasteiger partial charge is 0.422 e. The van der Waals surface area contributed by atoms with Crippen molar-refractivity contribution in [1.29, 1.82) is 0 Å². The predicted molar refractivity (Wildman–Crippen MR) is 119 cm³/mol. The first-order valence-electron chi connectivity index (χ1n) is 10.8. The summed E-state index contributed by atoms with van der Waals surface area (Å²) >= 11 is 0. The summed E-state index contributed by atoms with van der Waals surface area (Å²) in [4.78, 5) is 39.2. The number of likely N-dealkylation sites (tertiary alicyclic amines) is 1. The summed E-state index contributed by atoms with van der Waals surface area (Å²) in [5.41, 5.74) is 0.298. The Morgan fingerprint density at radius 2 is 1.91 bits per heavy atom. The van der Waals surface area contributed by atoms with E-state index in [0.717, 1.165) is 12.8 Å². The number of carbonyl (C=O) groups excluding carboxylic acids is 2. The summed E-state index contributed by atoms with van der Waals surface area (Å²) in [5, 5.41) is 3.45. The molecule has 2 amide bonds. The van der Waals surface area contributed by atoms with Crippen LogP contribution in [0.3, 0.4) is 0 Å². The van der Waals surface area contributed by atoms with Gasteiger partial charge in [0.15, 0.2) is 0 Å². The number of para-hydroxylation sites is 1. The average Bonchev–Trinajstić information content (AvgIpc) is 2.81. The van der Waals surface area contributed by atoms with Crippen LogP contribution in [0.5, 0.6) is 0 Å². The van der Waals surface area contributed by atoms with Gasteiger partial charge in [0.25, 0.3) is 5.91 Å². The molecule has 7 heteroatoms. The van der Waals surface area contributed by atoms with Crippen LogP contribution in [0.25, 0.3) is 11.0 Å². The summed E-state index contributed by atoms with van der Waals surface area (Å²) in [6.07, 6.45) is 2.65. The zero-order valence-electron chi connectivity index (χ0n) is 17.7. The predicted octanol–water partition coefficient (Wildman–Crippen LogP) is 3.88. The highest BCUT2D eigenvalue weighted by Crippen LogP contribution is 2.23. The van der Waals surface area contributed by atoms with Crippen molar-refractivity contribution in [3.8, 4) is 0 Å². The Morgan fingerprint density at radius 1 is 1.12 bits per heavy atom. The standard InChI is InChI=1S/C25H25FN2O4/c26-21-9-3-1-8-19(21)15-27-23(29)12-11-17-6-5-13-28(16-17)24(30)20-14-18-7-2-4-10-22(18)32-25(20)31/h1-4,7-10,14,17H,5-6,11-13,15-16H2,(H,27,29)/t17-/m0/s1. The molecule has 6 nitrogen and oxygen atoms in total. The molecule has 1 saturated heterocycles. The monoisotopic (exact) mass is 436 g/mol. The SMILES string of the molecule is O=C(CC[C@@H]1CCCN(C(=O)c2cc3ccccc3oc2=O)C1)NCc1ccccc1F. The van der Waals surface area contributed by atoms with Crippen molar-refractivity contribution in [2.75, 3.05) is 13.1 Å². The number of fused-ring (bicyclic) bond motifs is 1. The quantitative estimate of drug-likeness (QED) is 0.595. The van der Waals surface area contributed by atoms with Crippen molar-refractivity contribution in [3.05, 3.63) is 82.0 Å². The first-order chi connectivity index (χ1) is 15.5. The molecule has 0 bridgehead atoms. The molecule has 0 saturated carbocycles. The van der Waals surface area contributed by atoms with Crippen LogP contribution in [0.2, 0.25) is 0 Å². The van der Waals surface area contributed by atoms with Gasteiger partial charge < -0.3 is 14.6 Å². The zero-order valence-corrected chi connectivity index (χ0v) is 17.7. The minimum absolute atomic E-state index is 0.0342. The maximum absolute atomic E-state index is 13.7.